The summed E-state index contributed by atoms with van der Waals surface area (Å²) >= 11 is 17.8. The van der Waals surface area contributed by atoms with Crippen LogP contribution in [0.1, 0.15) is 16.1 Å². The van der Waals surface area contributed by atoms with E-state index in [9.17, 15) is 4.79 Å². The van der Waals surface area contributed by atoms with Crippen molar-refractivity contribution in [2.75, 3.05) is 0 Å². The van der Waals surface area contributed by atoms with E-state index in [4.69, 9.17) is 39.2 Å². The molecule has 2 aromatic carbocycles. The Balaban J connectivity index is 1.67. The molecule has 0 unspecified atom stereocenters. The third kappa shape index (κ3) is 4.42. The topological polar surface area (TPSA) is 54.6 Å². The largest absolute Gasteiger partial charge is 0.455 e. The van der Waals surface area contributed by atoms with Crippen LogP contribution in [0.5, 0.6) is 0 Å². The zero-order valence-electron chi connectivity index (χ0n) is 12.7. The summed E-state index contributed by atoms with van der Waals surface area (Å²) in [7, 11) is 0. The molecule has 0 spiro atoms. The van der Waals surface area contributed by atoms with Gasteiger partial charge >= 0.3 is 0 Å². The molecule has 3 aromatic rings. The number of furan rings is 1. The van der Waals surface area contributed by atoms with Crippen LogP contribution >= 0.6 is 34.8 Å². The molecule has 4 nitrogen and oxygen atoms in total. The first-order valence-corrected chi connectivity index (χ1v) is 8.30. The molecule has 1 N–H and O–H groups in total. The first-order chi connectivity index (χ1) is 12.0. The summed E-state index contributed by atoms with van der Waals surface area (Å²) in [5.41, 5.74) is 3.59. The van der Waals surface area contributed by atoms with Crippen molar-refractivity contribution in [3.8, 4) is 11.3 Å². The number of amides is 1. The second-order valence-corrected chi connectivity index (χ2v) is 6.31. The van der Waals surface area contributed by atoms with E-state index < -0.39 is 0 Å². The van der Waals surface area contributed by atoms with E-state index in [1.165, 1.54) is 6.21 Å². The molecule has 1 aromatic heterocycles. The Morgan fingerprint density at radius 3 is 2.40 bits per heavy atom. The Morgan fingerprint density at radius 2 is 1.68 bits per heavy atom. The maximum atomic E-state index is 11.9. The lowest BCUT2D eigenvalue weighted by Gasteiger charge is -2.01. The van der Waals surface area contributed by atoms with Crippen molar-refractivity contribution < 1.29 is 9.21 Å². The minimum absolute atomic E-state index is 0.347. The molecule has 0 radical (unpaired) electrons. The van der Waals surface area contributed by atoms with E-state index in [1.54, 1.807) is 54.6 Å². The lowest BCUT2D eigenvalue weighted by atomic mass is 10.2. The van der Waals surface area contributed by atoms with Gasteiger partial charge in [0.2, 0.25) is 0 Å². The fraction of sp³-hybridized carbons (Fsp3) is 0. The molecular weight excluding hydrogens is 383 g/mol. The number of hydrogen-bond donors (Lipinski definition) is 1. The zero-order chi connectivity index (χ0) is 17.8. The van der Waals surface area contributed by atoms with Crippen molar-refractivity contribution in [3.05, 3.63) is 81.0 Å². The monoisotopic (exact) mass is 392 g/mol. The summed E-state index contributed by atoms with van der Waals surface area (Å²) in [5.74, 6) is 0.699. The molecule has 0 saturated carbocycles. The van der Waals surface area contributed by atoms with Gasteiger partial charge in [0.05, 0.1) is 11.2 Å². The van der Waals surface area contributed by atoms with Gasteiger partial charge in [-0.3, -0.25) is 4.79 Å². The molecule has 0 fully saturated rings. The van der Waals surface area contributed by atoms with Crippen LogP contribution in [0, 0.1) is 0 Å². The molecule has 0 aliphatic carbocycles. The van der Waals surface area contributed by atoms with Gasteiger partial charge < -0.3 is 4.42 Å². The molecule has 126 valence electrons. The van der Waals surface area contributed by atoms with E-state index in [1.807, 2.05) is 0 Å². The normalized spacial score (nSPS) is 11.0. The van der Waals surface area contributed by atoms with Crippen LogP contribution in [0.4, 0.5) is 0 Å². The average molecular weight is 394 g/mol. The summed E-state index contributed by atoms with van der Waals surface area (Å²) in [6.07, 6.45) is 1.40. The first-order valence-electron chi connectivity index (χ1n) is 7.17. The lowest BCUT2D eigenvalue weighted by Crippen LogP contribution is -2.17. The Labute approximate surface area is 159 Å². The number of carbonyl (C=O) groups excluding carboxylic acids is 1. The molecule has 25 heavy (non-hydrogen) atoms. The minimum Gasteiger partial charge on any atom is -0.455 e. The summed E-state index contributed by atoms with van der Waals surface area (Å²) in [5, 5.41) is 5.47. The number of benzene rings is 2. The first kappa shape index (κ1) is 17.5. The maximum absolute atomic E-state index is 11.9. The molecule has 7 heteroatoms. The van der Waals surface area contributed by atoms with Gasteiger partial charge in [0, 0.05) is 21.2 Å². The molecule has 0 bridgehead atoms. The van der Waals surface area contributed by atoms with Crippen LogP contribution in [-0.2, 0) is 0 Å². The Hall–Kier alpha value is -2.27. The van der Waals surface area contributed by atoms with Crippen molar-refractivity contribution in [2.45, 2.75) is 0 Å². The molecule has 0 saturated heterocycles. The summed E-state index contributed by atoms with van der Waals surface area (Å²) in [6.45, 7) is 0. The minimum atomic E-state index is -0.347. The predicted octanol–water partition coefficient (Wildman–Crippen LogP) is 5.67. The molecule has 0 atom stereocenters. The second-order valence-electron chi connectivity index (χ2n) is 5.03. The molecule has 1 heterocycles. The van der Waals surface area contributed by atoms with Gasteiger partial charge in [-0.05, 0) is 54.6 Å². The van der Waals surface area contributed by atoms with Crippen molar-refractivity contribution in [3.63, 3.8) is 0 Å². The van der Waals surface area contributed by atoms with Gasteiger partial charge in [-0.15, -0.1) is 0 Å². The molecule has 0 aliphatic rings. The van der Waals surface area contributed by atoms with Crippen molar-refractivity contribution in [1.29, 1.82) is 0 Å². The van der Waals surface area contributed by atoms with Crippen LogP contribution < -0.4 is 5.43 Å². The number of hydrogen-bond acceptors (Lipinski definition) is 3. The molecule has 1 amide bonds. The van der Waals surface area contributed by atoms with Crippen LogP contribution in [0.15, 0.2) is 64.1 Å². The average Bonchev–Trinajstić information content (AvgIpc) is 3.04. The summed E-state index contributed by atoms with van der Waals surface area (Å²) in [6, 6.07) is 15.1. The van der Waals surface area contributed by atoms with Gasteiger partial charge in [-0.1, -0.05) is 34.8 Å². The van der Waals surface area contributed by atoms with Crippen LogP contribution in [0.3, 0.4) is 0 Å². The quantitative estimate of drug-likeness (QED) is 0.458. The van der Waals surface area contributed by atoms with Gasteiger partial charge in [-0.25, -0.2) is 5.43 Å². The Morgan fingerprint density at radius 1 is 0.960 bits per heavy atom. The predicted molar refractivity (Wildman–Crippen MR) is 101 cm³/mol. The number of halogens is 3. The van der Waals surface area contributed by atoms with E-state index in [2.05, 4.69) is 10.5 Å². The highest BCUT2D eigenvalue weighted by molar-refractivity contribution is 6.36. The van der Waals surface area contributed by atoms with Gasteiger partial charge in [0.15, 0.2) is 0 Å². The Bertz CT molecular complexity index is 934. The highest BCUT2D eigenvalue weighted by Gasteiger charge is 2.09. The lowest BCUT2D eigenvalue weighted by molar-refractivity contribution is 0.0955. The van der Waals surface area contributed by atoms with Crippen LogP contribution in [0.25, 0.3) is 11.3 Å². The fourth-order valence-electron chi connectivity index (χ4n) is 2.08. The number of nitrogens with one attached hydrogen (secondary N) is 1. The third-order valence-corrected chi connectivity index (χ3v) is 4.09. The van der Waals surface area contributed by atoms with Crippen molar-refractivity contribution in [1.82, 2.24) is 5.43 Å². The van der Waals surface area contributed by atoms with Crippen molar-refractivity contribution in [2.24, 2.45) is 5.10 Å². The van der Waals surface area contributed by atoms with Crippen LogP contribution in [0.2, 0.25) is 15.1 Å². The highest BCUT2D eigenvalue weighted by Crippen LogP contribution is 2.31. The standard InChI is InChI=1S/C18H11Cl3N2O2/c19-12-3-1-11(2-4-12)18(24)23-22-10-14-6-8-17(25-14)15-7-5-13(20)9-16(15)21/h1-10H,(H,23,24)/b22-10-. The number of hydrazone groups is 1. The molecule has 0 aliphatic heterocycles. The van der Waals surface area contributed by atoms with E-state index in [0.717, 1.165) is 5.56 Å². The smallest absolute Gasteiger partial charge is 0.271 e. The molecule has 3 rings (SSSR count). The SMILES string of the molecule is O=C(N/N=C\c1ccc(-c2ccc(Cl)cc2Cl)o1)c1ccc(Cl)cc1. The summed E-state index contributed by atoms with van der Waals surface area (Å²) < 4.78 is 5.65. The number of nitrogens with zero attached hydrogens (tertiary/aromatic N) is 1. The number of carbonyl (C=O) groups is 1. The highest BCUT2D eigenvalue weighted by atomic mass is 35.5. The third-order valence-electron chi connectivity index (χ3n) is 3.29. The fourth-order valence-corrected chi connectivity index (χ4v) is 2.70. The van der Waals surface area contributed by atoms with Gasteiger partial charge in [0.25, 0.3) is 5.91 Å². The molecular formula is C18H11Cl3N2O2. The number of rotatable bonds is 4. The Kier molecular flexibility index (Phi) is 5.43. The summed E-state index contributed by atoms with van der Waals surface area (Å²) in [4.78, 5) is 11.9. The second kappa shape index (κ2) is 7.74. The maximum Gasteiger partial charge on any atom is 0.271 e. The van der Waals surface area contributed by atoms with Gasteiger partial charge in [0.1, 0.15) is 11.5 Å². The van der Waals surface area contributed by atoms with E-state index in [0.29, 0.717) is 32.2 Å². The van der Waals surface area contributed by atoms with Crippen molar-refractivity contribution >= 4 is 46.9 Å². The van der Waals surface area contributed by atoms with Crippen LogP contribution in [-0.4, -0.2) is 12.1 Å². The zero-order valence-corrected chi connectivity index (χ0v) is 14.9. The van der Waals surface area contributed by atoms with E-state index >= 15 is 0 Å². The van der Waals surface area contributed by atoms with E-state index in [-0.39, 0.29) is 5.91 Å². The van der Waals surface area contributed by atoms with Gasteiger partial charge in [-0.2, -0.15) is 5.10 Å².